The number of nitrogens with zero attached hydrogens (tertiary/aromatic N) is 1. The molecule has 0 saturated heterocycles. The van der Waals surface area contributed by atoms with Gasteiger partial charge in [0.2, 0.25) is 10.0 Å². The van der Waals surface area contributed by atoms with Crippen molar-refractivity contribution in [3.8, 4) is 0 Å². The van der Waals surface area contributed by atoms with Gasteiger partial charge >= 0.3 is 0 Å². The molecule has 6 nitrogen and oxygen atoms in total. The van der Waals surface area contributed by atoms with Gasteiger partial charge in [-0.1, -0.05) is 0 Å². The monoisotopic (exact) mass is 365 g/mol. The minimum atomic E-state index is -3.58. The van der Waals surface area contributed by atoms with Gasteiger partial charge in [0.15, 0.2) is 0 Å². The van der Waals surface area contributed by atoms with Crippen LogP contribution in [0.1, 0.15) is 20.3 Å². The molecule has 2 N–H and O–H groups in total. The molecule has 0 aliphatic carbocycles. The van der Waals surface area contributed by atoms with Crippen molar-refractivity contribution in [1.82, 2.24) is 9.71 Å². The van der Waals surface area contributed by atoms with Crippen LogP contribution in [0.4, 0.5) is 5.82 Å². The summed E-state index contributed by atoms with van der Waals surface area (Å²) < 4.78 is 32.9. The first-order valence-electron chi connectivity index (χ1n) is 6.48. The Hall–Kier alpha value is -0.700. The summed E-state index contributed by atoms with van der Waals surface area (Å²) in [6.45, 7) is 5.89. The van der Waals surface area contributed by atoms with Crippen molar-refractivity contribution in [2.75, 3.05) is 31.6 Å². The number of hydrogen-bond donors (Lipinski definition) is 2. The van der Waals surface area contributed by atoms with Gasteiger partial charge in [-0.25, -0.2) is 18.1 Å². The minimum Gasteiger partial charge on any atom is -0.382 e. The molecule has 8 heteroatoms. The van der Waals surface area contributed by atoms with Crippen molar-refractivity contribution >= 4 is 31.8 Å². The number of ether oxygens (including phenoxy) is 1. The van der Waals surface area contributed by atoms with E-state index in [4.69, 9.17) is 4.74 Å². The lowest BCUT2D eigenvalue weighted by Gasteiger charge is -2.12. The molecule has 0 saturated carbocycles. The van der Waals surface area contributed by atoms with E-state index in [1.54, 1.807) is 6.20 Å². The number of sulfonamides is 1. The molecule has 0 aromatic carbocycles. The van der Waals surface area contributed by atoms with Gasteiger partial charge in [0.05, 0.1) is 0 Å². The quantitative estimate of drug-likeness (QED) is 0.654. The van der Waals surface area contributed by atoms with Crippen LogP contribution in [0, 0.1) is 0 Å². The van der Waals surface area contributed by atoms with Crippen LogP contribution in [0.2, 0.25) is 0 Å². The first-order chi connectivity index (χ1) is 9.51. The fraction of sp³-hybridized carbons (Fsp3) is 0.583. The minimum absolute atomic E-state index is 0.144. The SMILES string of the molecule is CCNc1ncc(Br)cc1S(=O)(=O)NCCCOCC. The summed E-state index contributed by atoms with van der Waals surface area (Å²) in [6.07, 6.45) is 2.19. The summed E-state index contributed by atoms with van der Waals surface area (Å²) in [4.78, 5) is 4.23. The lowest BCUT2D eigenvalue weighted by Crippen LogP contribution is -2.26. The molecule has 1 heterocycles. The third kappa shape index (κ3) is 5.35. The van der Waals surface area contributed by atoms with E-state index in [1.165, 1.54) is 6.07 Å². The van der Waals surface area contributed by atoms with Crippen LogP contribution in [-0.2, 0) is 14.8 Å². The summed E-state index contributed by atoms with van der Waals surface area (Å²) in [5, 5.41) is 2.94. The average molecular weight is 366 g/mol. The molecule has 1 rings (SSSR count). The van der Waals surface area contributed by atoms with Crippen molar-refractivity contribution in [3.63, 3.8) is 0 Å². The van der Waals surface area contributed by atoms with Gasteiger partial charge in [-0.05, 0) is 42.3 Å². The van der Waals surface area contributed by atoms with Crippen molar-refractivity contribution in [1.29, 1.82) is 0 Å². The maximum atomic E-state index is 12.3. The Morgan fingerprint density at radius 3 is 2.80 bits per heavy atom. The standard InChI is InChI=1S/C12H20BrN3O3S/c1-3-14-12-11(8-10(13)9-15-12)20(17,18)16-6-5-7-19-4-2/h8-9,16H,3-7H2,1-2H3,(H,14,15). The molecule has 0 fully saturated rings. The second-order valence-electron chi connectivity index (χ2n) is 3.98. The summed E-state index contributed by atoms with van der Waals surface area (Å²) in [5.74, 6) is 0.355. The lowest BCUT2D eigenvalue weighted by atomic mass is 10.4. The van der Waals surface area contributed by atoms with Crippen LogP contribution in [0.5, 0.6) is 0 Å². The fourth-order valence-corrected chi connectivity index (χ4v) is 3.24. The molecule has 1 aromatic heterocycles. The van der Waals surface area contributed by atoms with Gasteiger partial charge in [0.1, 0.15) is 10.7 Å². The van der Waals surface area contributed by atoms with E-state index in [1.807, 2.05) is 13.8 Å². The second kappa shape index (κ2) is 8.56. The Labute approximate surface area is 128 Å². The van der Waals surface area contributed by atoms with Gasteiger partial charge in [-0.15, -0.1) is 0 Å². The number of hydrogen-bond acceptors (Lipinski definition) is 5. The molecular weight excluding hydrogens is 346 g/mol. The topological polar surface area (TPSA) is 80.3 Å². The van der Waals surface area contributed by atoms with Gasteiger partial charge < -0.3 is 10.1 Å². The van der Waals surface area contributed by atoms with Crippen LogP contribution >= 0.6 is 15.9 Å². The smallest absolute Gasteiger partial charge is 0.244 e. The van der Waals surface area contributed by atoms with Gasteiger partial charge in [0, 0.05) is 37.0 Å². The third-order valence-corrected chi connectivity index (χ3v) is 4.32. The summed E-state index contributed by atoms with van der Waals surface area (Å²) in [5.41, 5.74) is 0. The molecular formula is C12H20BrN3O3S. The van der Waals surface area contributed by atoms with E-state index < -0.39 is 10.0 Å². The van der Waals surface area contributed by atoms with Crippen LogP contribution in [0.25, 0.3) is 0 Å². The van der Waals surface area contributed by atoms with E-state index >= 15 is 0 Å². The molecule has 0 unspecified atom stereocenters. The Bertz CT molecular complexity index is 523. The van der Waals surface area contributed by atoms with E-state index in [0.717, 1.165) is 0 Å². The van der Waals surface area contributed by atoms with Gasteiger partial charge in [-0.2, -0.15) is 0 Å². The van der Waals surface area contributed by atoms with Crippen molar-refractivity contribution in [2.45, 2.75) is 25.2 Å². The number of nitrogens with one attached hydrogen (secondary N) is 2. The highest BCUT2D eigenvalue weighted by Crippen LogP contribution is 2.22. The number of aromatic nitrogens is 1. The second-order valence-corrected chi connectivity index (χ2v) is 6.63. The van der Waals surface area contributed by atoms with Crippen LogP contribution in [0.15, 0.2) is 21.6 Å². The number of halogens is 1. The number of rotatable bonds is 9. The van der Waals surface area contributed by atoms with Gasteiger partial charge in [0.25, 0.3) is 0 Å². The Balaban J connectivity index is 2.77. The summed E-state index contributed by atoms with van der Waals surface area (Å²) >= 11 is 3.24. The number of anilines is 1. The highest BCUT2D eigenvalue weighted by atomic mass is 79.9. The van der Waals surface area contributed by atoms with Crippen LogP contribution in [0.3, 0.4) is 0 Å². The molecule has 0 amide bonds. The molecule has 0 atom stereocenters. The maximum absolute atomic E-state index is 12.3. The molecule has 0 bridgehead atoms. The zero-order chi connectivity index (χ0) is 15.0. The zero-order valence-corrected chi connectivity index (χ0v) is 14.1. The molecule has 114 valence electrons. The van der Waals surface area contributed by atoms with E-state index in [9.17, 15) is 8.42 Å². The third-order valence-electron chi connectivity index (χ3n) is 2.41. The molecule has 0 aliphatic heterocycles. The molecule has 0 aliphatic rings. The van der Waals surface area contributed by atoms with E-state index in [-0.39, 0.29) is 4.90 Å². The predicted molar refractivity (Wildman–Crippen MR) is 82.4 cm³/mol. The molecule has 1 aromatic rings. The van der Waals surface area contributed by atoms with Crippen molar-refractivity contribution < 1.29 is 13.2 Å². The zero-order valence-electron chi connectivity index (χ0n) is 11.6. The first kappa shape index (κ1) is 17.4. The van der Waals surface area contributed by atoms with Gasteiger partial charge in [-0.3, -0.25) is 0 Å². The maximum Gasteiger partial charge on any atom is 0.244 e. The Kier molecular flexibility index (Phi) is 7.42. The van der Waals surface area contributed by atoms with E-state index in [2.05, 4.69) is 31.0 Å². The van der Waals surface area contributed by atoms with Crippen LogP contribution < -0.4 is 10.0 Å². The molecule has 0 spiro atoms. The summed E-state index contributed by atoms with van der Waals surface area (Å²) in [7, 11) is -3.58. The lowest BCUT2D eigenvalue weighted by molar-refractivity contribution is 0.146. The highest BCUT2D eigenvalue weighted by Gasteiger charge is 2.19. The molecule has 20 heavy (non-hydrogen) atoms. The fourth-order valence-electron chi connectivity index (χ4n) is 1.53. The van der Waals surface area contributed by atoms with Crippen molar-refractivity contribution in [3.05, 3.63) is 16.7 Å². The Morgan fingerprint density at radius 1 is 1.40 bits per heavy atom. The largest absolute Gasteiger partial charge is 0.382 e. The summed E-state index contributed by atoms with van der Waals surface area (Å²) in [6, 6.07) is 1.54. The Morgan fingerprint density at radius 2 is 2.15 bits per heavy atom. The van der Waals surface area contributed by atoms with Crippen molar-refractivity contribution in [2.24, 2.45) is 0 Å². The molecule has 0 radical (unpaired) electrons. The average Bonchev–Trinajstić information content (AvgIpc) is 2.40. The normalized spacial score (nSPS) is 11.6. The first-order valence-corrected chi connectivity index (χ1v) is 8.75. The van der Waals surface area contributed by atoms with E-state index in [0.29, 0.717) is 43.0 Å². The highest BCUT2D eigenvalue weighted by molar-refractivity contribution is 9.10. The number of pyridine rings is 1. The predicted octanol–water partition coefficient (Wildman–Crippen LogP) is 1.98. The van der Waals surface area contributed by atoms with Crippen LogP contribution in [-0.4, -0.2) is 39.7 Å².